The normalized spacial score (nSPS) is 11.4. The van der Waals surface area contributed by atoms with Gasteiger partial charge in [0.25, 0.3) is 6.43 Å². The maximum absolute atomic E-state index is 12.5. The van der Waals surface area contributed by atoms with Crippen LogP contribution in [0.3, 0.4) is 0 Å². The molecule has 0 unspecified atom stereocenters. The molecule has 4 nitrogen and oxygen atoms in total. The quantitative estimate of drug-likeness (QED) is 0.852. The van der Waals surface area contributed by atoms with Crippen molar-refractivity contribution in [1.82, 2.24) is 4.98 Å². The van der Waals surface area contributed by atoms with Crippen LogP contribution < -0.4 is 10.5 Å². The SMILES string of the molecule is N#Cc1cc(OC(F)(F)F)c(CN)nc1C(F)F. The Morgan fingerprint density at radius 1 is 1.44 bits per heavy atom. The highest BCUT2D eigenvalue weighted by atomic mass is 19.4. The maximum Gasteiger partial charge on any atom is 0.573 e. The second-order valence-electron chi connectivity index (χ2n) is 3.03. The van der Waals surface area contributed by atoms with Crippen molar-refractivity contribution >= 4 is 0 Å². The van der Waals surface area contributed by atoms with E-state index in [2.05, 4.69) is 9.72 Å². The molecule has 9 heteroatoms. The van der Waals surface area contributed by atoms with Crippen LogP contribution in [0.15, 0.2) is 6.07 Å². The minimum absolute atomic E-state index is 0.498. The summed E-state index contributed by atoms with van der Waals surface area (Å²) in [5.41, 5.74) is 2.98. The molecule has 1 heterocycles. The molecule has 0 radical (unpaired) electrons. The second kappa shape index (κ2) is 5.14. The van der Waals surface area contributed by atoms with Crippen molar-refractivity contribution in [2.24, 2.45) is 5.73 Å². The predicted octanol–water partition coefficient (Wildman–Crippen LogP) is 2.25. The number of hydrogen-bond donors (Lipinski definition) is 1. The van der Waals surface area contributed by atoms with E-state index in [9.17, 15) is 22.0 Å². The second-order valence-corrected chi connectivity index (χ2v) is 3.03. The van der Waals surface area contributed by atoms with Crippen LogP contribution in [-0.2, 0) is 6.54 Å². The summed E-state index contributed by atoms with van der Waals surface area (Å²) in [5, 5.41) is 8.56. The highest BCUT2D eigenvalue weighted by Gasteiger charge is 2.33. The van der Waals surface area contributed by atoms with Gasteiger partial charge in [0.05, 0.1) is 11.3 Å². The number of aromatic nitrogens is 1. The summed E-state index contributed by atoms with van der Waals surface area (Å²) in [6.07, 6.45) is -8.12. The molecule has 0 aliphatic rings. The van der Waals surface area contributed by atoms with E-state index in [4.69, 9.17) is 11.0 Å². The molecule has 0 spiro atoms. The fourth-order valence-corrected chi connectivity index (χ4v) is 1.16. The number of nitriles is 1. The molecule has 0 atom stereocenters. The minimum Gasteiger partial charge on any atom is -0.404 e. The Labute approximate surface area is 97.8 Å². The fourth-order valence-electron chi connectivity index (χ4n) is 1.16. The fraction of sp³-hybridized carbons (Fsp3) is 0.333. The van der Waals surface area contributed by atoms with E-state index in [0.29, 0.717) is 6.07 Å². The van der Waals surface area contributed by atoms with E-state index in [1.807, 2.05) is 0 Å². The molecule has 98 valence electrons. The Bertz CT molecular complexity index is 480. The zero-order valence-electron chi connectivity index (χ0n) is 8.63. The highest BCUT2D eigenvalue weighted by Crippen LogP contribution is 2.30. The lowest BCUT2D eigenvalue weighted by Crippen LogP contribution is -2.20. The monoisotopic (exact) mass is 267 g/mol. The van der Waals surface area contributed by atoms with Crippen molar-refractivity contribution in [3.8, 4) is 11.8 Å². The van der Waals surface area contributed by atoms with Crippen molar-refractivity contribution < 1.29 is 26.7 Å². The Morgan fingerprint density at radius 2 is 2.06 bits per heavy atom. The summed E-state index contributed by atoms with van der Waals surface area (Å²) in [5.74, 6) is -0.856. The molecule has 1 rings (SSSR count). The number of rotatable bonds is 3. The summed E-state index contributed by atoms with van der Waals surface area (Å²) in [6.45, 7) is -0.531. The number of nitrogens with two attached hydrogens (primary N) is 1. The lowest BCUT2D eigenvalue weighted by Gasteiger charge is -2.13. The number of ether oxygens (including phenoxy) is 1. The van der Waals surface area contributed by atoms with E-state index in [1.54, 1.807) is 0 Å². The van der Waals surface area contributed by atoms with Crippen LogP contribution in [0.25, 0.3) is 0 Å². The van der Waals surface area contributed by atoms with Gasteiger partial charge in [-0.2, -0.15) is 5.26 Å². The molecule has 1 aromatic rings. The van der Waals surface area contributed by atoms with Gasteiger partial charge in [-0.3, -0.25) is 0 Å². The Balaban J connectivity index is 3.32. The molecule has 18 heavy (non-hydrogen) atoms. The number of halogens is 5. The molecular weight excluding hydrogens is 261 g/mol. The zero-order valence-corrected chi connectivity index (χ0v) is 8.63. The Hall–Kier alpha value is -1.95. The van der Waals surface area contributed by atoms with Crippen molar-refractivity contribution in [2.75, 3.05) is 0 Å². The summed E-state index contributed by atoms with van der Waals surface area (Å²) >= 11 is 0. The van der Waals surface area contributed by atoms with Gasteiger partial charge >= 0.3 is 6.36 Å². The van der Waals surface area contributed by atoms with Crippen LogP contribution in [0.1, 0.15) is 23.4 Å². The molecule has 0 aromatic carbocycles. The predicted molar refractivity (Wildman–Crippen MR) is 48.5 cm³/mol. The van der Waals surface area contributed by atoms with Gasteiger partial charge in [0.15, 0.2) is 5.75 Å². The summed E-state index contributed by atoms with van der Waals surface area (Å²) in [6, 6.07) is 1.87. The Morgan fingerprint density at radius 3 is 2.44 bits per heavy atom. The number of alkyl halides is 5. The molecule has 0 aliphatic heterocycles. The highest BCUT2D eigenvalue weighted by molar-refractivity contribution is 5.43. The smallest absolute Gasteiger partial charge is 0.404 e. The van der Waals surface area contributed by atoms with Crippen LogP contribution in [0.5, 0.6) is 5.75 Å². The molecule has 0 saturated carbocycles. The van der Waals surface area contributed by atoms with Crippen molar-refractivity contribution in [1.29, 1.82) is 5.26 Å². The van der Waals surface area contributed by atoms with Gasteiger partial charge in [-0.05, 0) is 0 Å². The average molecular weight is 267 g/mol. The molecular formula is C9H6F5N3O. The van der Waals surface area contributed by atoms with Crippen LogP contribution >= 0.6 is 0 Å². The molecule has 2 N–H and O–H groups in total. The molecule has 0 bridgehead atoms. The van der Waals surface area contributed by atoms with E-state index in [-0.39, 0.29) is 0 Å². The first-order valence-corrected chi connectivity index (χ1v) is 4.46. The van der Waals surface area contributed by atoms with Gasteiger partial charge in [0.1, 0.15) is 11.8 Å². The third kappa shape index (κ3) is 3.27. The lowest BCUT2D eigenvalue weighted by molar-refractivity contribution is -0.275. The topological polar surface area (TPSA) is 71.9 Å². The molecule has 1 aromatic heterocycles. The first kappa shape index (κ1) is 14.1. The number of nitrogens with zero attached hydrogens (tertiary/aromatic N) is 2. The van der Waals surface area contributed by atoms with E-state index in [0.717, 1.165) is 0 Å². The van der Waals surface area contributed by atoms with Crippen molar-refractivity contribution in [2.45, 2.75) is 19.3 Å². The molecule has 0 amide bonds. The zero-order chi connectivity index (χ0) is 13.9. The van der Waals surface area contributed by atoms with E-state index < -0.39 is 42.0 Å². The maximum atomic E-state index is 12.5. The number of hydrogen-bond acceptors (Lipinski definition) is 4. The van der Waals surface area contributed by atoms with E-state index in [1.165, 1.54) is 6.07 Å². The third-order valence-corrected chi connectivity index (χ3v) is 1.84. The summed E-state index contributed by atoms with van der Waals surface area (Å²) in [7, 11) is 0. The molecule has 0 fully saturated rings. The van der Waals surface area contributed by atoms with Crippen LogP contribution in [0.2, 0.25) is 0 Å². The van der Waals surface area contributed by atoms with Gasteiger partial charge in [-0.15, -0.1) is 13.2 Å². The van der Waals surface area contributed by atoms with Gasteiger partial charge in [0.2, 0.25) is 0 Å². The van der Waals surface area contributed by atoms with Crippen molar-refractivity contribution in [3.05, 3.63) is 23.0 Å². The summed E-state index contributed by atoms with van der Waals surface area (Å²) in [4.78, 5) is 3.22. The van der Waals surface area contributed by atoms with Crippen molar-refractivity contribution in [3.63, 3.8) is 0 Å². The first-order valence-electron chi connectivity index (χ1n) is 4.46. The lowest BCUT2D eigenvalue weighted by atomic mass is 10.1. The van der Waals surface area contributed by atoms with Crippen LogP contribution in [-0.4, -0.2) is 11.3 Å². The van der Waals surface area contributed by atoms with E-state index >= 15 is 0 Å². The standard InChI is InChI=1S/C9H6F5N3O/c10-8(11)7-4(2-15)1-6(5(3-16)17-7)18-9(12,13)14/h1,8H,3,16H2. The minimum atomic E-state index is -5.02. The Kier molecular flexibility index (Phi) is 4.03. The molecule has 0 aliphatic carbocycles. The largest absolute Gasteiger partial charge is 0.573 e. The van der Waals surface area contributed by atoms with Gasteiger partial charge in [-0.25, -0.2) is 13.8 Å². The van der Waals surface area contributed by atoms with Crippen LogP contribution in [0, 0.1) is 11.3 Å². The van der Waals surface area contributed by atoms with Gasteiger partial charge < -0.3 is 10.5 Å². The summed E-state index contributed by atoms with van der Waals surface area (Å²) < 4.78 is 64.6. The van der Waals surface area contributed by atoms with Gasteiger partial charge in [0, 0.05) is 12.6 Å². The number of pyridine rings is 1. The molecule has 0 saturated heterocycles. The average Bonchev–Trinajstić information content (AvgIpc) is 2.25. The first-order chi connectivity index (χ1) is 8.28. The van der Waals surface area contributed by atoms with Crippen LogP contribution in [0.4, 0.5) is 22.0 Å². The van der Waals surface area contributed by atoms with Gasteiger partial charge in [-0.1, -0.05) is 0 Å². The third-order valence-electron chi connectivity index (χ3n) is 1.84.